The Morgan fingerprint density at radius 2 is 2.08 bits per heavy atom. The number of hydrogen-bond acceptors (Lipinski definition) is 1. The van der Waals surface area contributed by atoms with Gasteiger partial charge in [0, 0.05) is 5.56 Å². The van der Waals surface area contributed by atoms with Crippen LogP contribution in [0.3, 0.4) is 0 Å². The van der Waals surface area contributed by atoms with Gasteiger partial charge in [-0.15, -0.1) is 0 Å². The molecule has 70 valence electrons. The van der Waals surface area contributed by atoms with Crippen LogP contribution in [0.1, 0.15) is 24.0 Å². The van der Waals surface area contributed by atoms with Crippen molar-refractivity contribution in [2.45, 2.75) is 25.4 Å². The molecule has 1 aromatic carbocycles. The highest BCUT2D eigenvalue weighted by atomic mass is 35.5. The number of aryl methyl sites for hydroxylation is 1. The monoisotopic (exact) mass is 200 g/mol. The van der Waals surface area contributed by atoms with E-state index in [1.165, 1.54) is 6.07 Å². The van der Waals surface area contributed by atoms with Crippen LogP contribution in [-0.2, 0) is 5.60 Å². The second-order valence-electron chi connectivity index (χ2n) is 3.58. The summed E-state index contributed by atoms with van der Waals surface area (Å²) in [6, 6.07) is 2.97. The average molecular weight is 201 g/mol. The molecule has 1 fully saturated rings. The lowest BCUT2D eigenvalue weighted by Crippen LogP contribution is -2.08. The van der Waals surface area contributed by atoms with Gasteiger partial charge in [-0.25, -0.2) is 4.39 Å². The molecule has 3 heteroatoms. The zero-order valence-corrected chi connectivity index (χ0v) is 8.03. The van der Waals surface area contributed by atoms with Crippen LogP contribution in [0.15, 0.2) is 12.1 Å². The number of benzene rings is 1. The molecule has 0 saturated heterocycles. The highest BCUT2D eigenvalue weighted by molar-refractivity contribution is 6.32. The van der Waals surface area contributed by atoms with E-state index in [1.54, 1.807) is 13.0 Å². The standard InChI is InChI=1S/C10H10ClFO/c1-6-2-3-7(12)8(9(6)11)10(13)4-5-10/h2-3,13H,4-5H2,1H3. The maximum atomic E-state index is 13.3. The molecular formula is C10H10ClFO. The molecule has 1 nitrogen and oxygen atoms in total. The number of halogens is 2. The van der Waals surface area contributed by atoms with Gasteiger partial charge in [-0.2, -0.15) is 0 Å². The maximum absolute atomic E-state index is 13.3. The Morgan fingerprint density at radius 3 is 2.62 bits per heavy atom. The molecule has 0 aromatic heterocycles. The Kier molecular flexibility index (Phi) is 1.86. The van der Waals surface area contributed by atoms with E-state index in [4.69, 9.17) is 11.6 Å². The molecule has 1 aliphatic rings. The first-order chi connectivity index (χ1) is 6.04. The van der Waals surface area contributed by atoms with E-state index in [0.717, 1.165) is 5.56 Å². The Hall–Kier alpha value is -0.600. The van der Waals surface area contributed by atoms with Crippen LogP contribution in [0.2, 0.25) is 5.02 Å². The van der Waals surface area contributed by atoms with E-state index < -0.39 is 11.4 Å². The molecule has 0 radical (unpaired) electrons. The van der Waals surface area contributed by atoms with Gasteiger partial charge in [0.25, 0.3) is 0 Å². The topological polar surface area (TPSA) is 20.2 Å². The molecule has 0 heterocycles. The Morgan fingerprint density at radius 1 is 1.46 bits per heavy atom. The minimum Gasteiger partial charge on any atom is -0.385 e. The second-order valence-corrected chi connectivity index (χ2v) is 3.96. The van der Waals surface area contributed by atoms with Crippen molar-refractivity contribution in [2.24, 2.45) is 0 Å². The molecule has 1 saturated carbocycles. The number of hydrogen-bond donors (Lipinski definition) is 1. The van der Waals surface area contributed by atoms with E-state index in [1.807, 2.05) is 0 Å². The summed E-state index contributed by atoms with van der Waals surface area (Å²) in [6.45, 7) is 1.80. The average Bonchev–Trinajstić information content (AvgIpc) is 2.78. The van der Waals surface area contributed by atoms with Crippen molar-refractivity contribution in [3.63, 3.8) is 0 Å². The van der Waals surface area contributed by atoms with Crippen LogP contribution in [0.5, 0.6) is 0 Å². The molecule has 0 atom stereocenters. The van der Waals surface area contributed by atoms with Crippen LogP contribution < -0.4 is 0 Å². The molecule has 1 aromatic rings. The molecule has 0 bridgehead atoms. The van der Waals surface area contributed by atoms with Crippen molar-refractivity contribution in [1.29, 1.82) is 0 Å². The van der Waals surface area contributed by atoms with E-state index in [2.05, 4.69) is 0 Å². The van der Waals surface area contributed by atoms with Crippen molar-refractivity contribution < 1.29 is 9.50 Å². The molecule has 1 aliphatic carbocycles. The lowest BCUT2D eigenvalue weighted by atomic mass is 10.0. The fraction of sp³-hybridized carbons (Fsp3) is 0.400. The third kappa shape index (κ3) is 1.34. The van der Waals surface area contributed by atoms with Crippen LogP contribution in [0.25, 0.3) is 0 Å². The maximum Gasteiger partial charge on any atom is 0.130 e. The minimum absolute atomic E-state index is 0.272. The lowest BCUT2D eigenvalue weighted by molar-refractivity contribution is 0.147. The Balaban J connectivity index is 2.61. The largest absolute Gasteiger partial charge is 0.385 e. The van der Waals surface area contributed by atoms with Crippen LogP contribution in [0, 0.1) is 12.7 Å². The zero-order chi connectivity index (χ0) is 9.64. The van der Waals surface area contributed by atoms with Crippen LogP contribution >= 0.6 is 11.6 Å². The number of rotatable bonds is 1. The van der Waals surface area contributed by atoms with E-state index in [9.17, 15) is 9.50 Å². The summed E-state index contributed by atoms with van der Waals surface area (Å²) in [4.78, 5) is 0. The van der Waals surface area contributed by atoms with Gasteiger partial charge in [0.1, 0.15) is 5.82 Å². The van der Waals surface area contributed by atoms with Gasteiger partial charge in [0.2, 0.25) is 0 Å². The lowest BCUT2D eigenvalue weighted by Gasteiger charge is -2.12. The van der Waals surface area contributed by atoms with Crippen LogP contribution in [-0.4, -0.2) is 5.11 Å². The zero-order valence-electron chi connectivity index (χ0n) is 7.27. The number of aliphatic hydroxyl groups is 1. The predicted octanol–water partition coefficient (Wildman–Crippen LogP) is 2.77. The van der Waals surface area contributed by atoms with Crippen LogP contribution in [0.4, 0.5) is 4.39 Å². The molecule has 0 unspecified atom stereocenters. The first kappa shape index (κ1) is 8.97. The van der Waals surface area contributed by atoms with Gasteiger partial charge >= 0.3 is 0 Å². The van der Waals surface area contributed by atoms with Gasteiger partial charge in [0.05, 0.1) is 10.6 Å². The summed E-state index contributed by atoms with van der Waals surface area (Å²) in [5, 5.41) is 10.1. The first-order valence-electron chi connectivity index (χ1n) is 4.22. The molecule has 0 amide bonds. The fourth-order valence-corrected chi connectivity index (χ4v) is 1.78. The molecule has 0 spiro atoms. The summed E-state index contributed by atoms with van der Waals surface area (Å²) in [6.07, 6.45) is 1.21. The van der Waals surface area contributed by atoms with Crippen molar-refractivity contribution >= 4 is 11.6 Å². The minimum atomic E-state index is -0.993. The molecule has 2 rings (SSSR count). The van der Waals surface area contributed by atoms with Gasteiger partial charge in [-0.3, -0.25) is 0 Å². The Bertz CT molecular complexity index is 358. The van der Waals surface area contributed by atoms with Gasteiger partial charge in [-0.1, -0.05) is 17.7 Å². The normalized spacial score (nSPS) is 18.8. The summed E-state index contributed by atoms with van der Waals surface area (Å²) >= 11 is 5.92. The summed E-state index contributed by atoms with van der Waals surface area (Å²) in [7, 11) is 0. The highest BCUT2D eigenvalue weighted by Crippen LogP contribution is 2.49. The highest BCUT2D eigenvalue weighted by Gasteiger charge is 2.45. The third-order valence-corrected chi connectivity index (χ3v) is 2.96. The van der Waals surface area contributed by atoms with E-state index >= 15 is 0 Å². The van der Waals surface area contributed by atoms with Crippen molar-refractivity contribution in [2.75, 3.05) is 0 Å². The molecular weight excluding hydrogens is 191 g/mol. The molecule has 1 N–H and O–H groups in total. The molecule has 13 heavy (non-hydrogen) atoms. The van der Waals surface area contributed by atoms with Gasteiger partial charge < -0.3 is 5.11 Å². The SMILES string of the molecule is Cc1ccc(F)c(C2(O)CC2)c1Cl. The summed E-state index contributed by atoms with van der Waals surface area (Å²) in [5.74, 6) is -0.407. The molecule has 0 aliphatic heterocycles. The quantitative estimate of drug-likeness (QED) is 0.739. The fourth-order valence-electron chi connectivity index (χ4n) is 1.45. The Labute approximate surface area is 81.1 Å². The van der Waals surface area contributed by atoms with Crippen molar-refractivity contribution in [3.05, 3.63) is 34.1 Å². The third-order valence-electron chi connectivity index (χ3n) is 2.47. The van der Waals surface area contributed by atoms with Crippen molar-refractivity contribution in [3.8, 4) is 0 Å². The van der Waals surface area contributed by atoms with Crippen molar-refractivity contribution in [1.82, 2.24) is 0 Å². The first-order valence-corrected chi connectivity index (χ1v) is 4.60. The van der Waals surface area contributed by atoms with Gasteiger partial charge in [0.15, 0.2) is 0 Å². The smallest absolute Gasteiger partial charge is 0.130 e. The van der Waals surface area contributed by atoms with E-state index in [0.29, 0.717) is 17.9 Å². The van der Waals surface area contributed by atoms with E-state index in [-0.39, 0.29) is 5.56 Å². The predicted molar refractivity (Wildman–Crippen MR) is 49.3 cm³/mol. The summed E-state index contributed by atoms with van der Waals surface area (Å²) < 4.78 is 13.3. The van der Waals surface area contributed by atoms with Gasteiger partial charge in [-0.05, 0) is 31.4 Å². The second kappa shape index (κ2) is 2.69. The summed E-state index contributed by atoms with van der Waals surface area (Å²) in [5.41, 5.74) is 0.0836.